The smallest absolute Gasteiger partial charge is 0.343 e. The molecule has 110 valence electrons. The van der Waals surface area contributed by atoms with E-state index in [9.17, 15) is 14.0 Å². The highest BCUT2D eigenvalue weighted by molar-refractivity contribution is 5.94. The second-order valence-corrected chi connectivity index (χ2v) is 5.35. The Hall–Kier alpha value is -2.17. The molecule has 1 atom stereocenters. The minimum Gasteiger partial charge on any atom is -0.462 e. The molecule has 0 radical (unpaired) electrons. The van der Waals surface area contributed by atoms with Crippen molar-refractivity contribution in [1.82, 2.24) is 4.57 Å². The summed E-state index contributed by atoms with van der Waals surface area (Å²) >= 11 is 0. The van der Waals surface area contributed by atoms with Gasteiger partial charge in [-0.2, -0.15) is 0 Å². The van der Waals surface area contributed by atoms with Crippen molar-refractivity contribution in [3.63, 3.8) is 0 Å². The Morgan fingerprint density at radius 1 is 1.48 bits per heavy atom. The summed E-state index contributed by atoms with van der Waals surface area (Å²) in [5, 5.41) is 0.252. The molecule has 0 aliphatic carbocycles. The monoisotopic (exact) mass is 289 g/mol. The Morgan fingerprint density at radius 3 is 2.95 bits per heavy atom. The molecule has 0 saturated heterocycles. The van der Waals surface area contributed by atoms with E-state index in [4.69, 9.17) is 4.74 Å². The van der Waals surface area contributed by atoms with Crippen LogP contribution in [-0.4, -0.2) is 17.1 Å². The van der Waals surface area contributed by atoms with E-state index in [1.807, 2.05) is 11.5 Å². The van der Waals surface area contributed by atoms with Crippen molar-refractivity contribution in [1.29, 1.82) is 0 Å². The minimum absolute atomic E-state index is 0.0327. The quantitative estimate of drug-likeness (QED) is 0.799. The van der Waals surface area contributed by atoms with Crippen LogP contribution < -0.4 is 5.43 Å². The molecule has 0 N–H and O–H groups in total. The number of ether oxygens (including phenoxy) is 1. The fraction of sp³-hybridized carbons (Fsp3) is 0.375. The van der Waals surface area contributed by atoms with Gasteiger partial charge in [0.1, 0.15) is 11.4 Å². The normalized spacial score (nSPS) is 17.0. The number of esters is 1. The molecule has 2 aromatic rings. The number of hydrogen-bond acceptors (Lipinski definition) is 3. The topological polar surface area (TPSA) is 48.3 Å². The number of carbonyl (C=O) groups excluding carboxylic acids is 1. The number of hydrogen-bond donors (Lipinski definition) is 0. The van der Waals surface area contributed by atoms with Crippen LogP contribution in [0.15, 0.2) is 23.1 Å². The first-order valence-electron chi connectivity index (χ1n) is 7.07. The molecule has 1 aromatic heterocycles. The number of nitrogens with zero attached hydrogens (tertiary/aromatic N) is 1. The zero-order valence-corrected chi connectivity index (χ0v) is 12.0. The zero-order chi connectivity index (χ0) is 15.1. The third-order valence-corrected chi connectivity index (χ3v) is 3.97. The van der Waals surface area contributed by atoms with Gasteiger partial charge in [0.05, 0.1) is 12.1 Å². The predicted molar refractivity (Wildman–Crippen MR) is 77.2 cm³/mol. The molecular formula is C16H16FNO3. The van der Waals surface area contributed by atoms with Crippen LogP contribution in [0.25, 0.3) is 10.9 Å². The molecule has 0 bridgehead atoms. The van der Waals surface area contributed by atoms with Gasteiger partial charge >= 0.3 is 5.97 Å². The van der Waals surface area contributed by atoms with Crippen molar-refractivity contribution in [2.75, 3.05) is 6.61 Å². The molecular weight excluding hydrogens is 273 g/mol. The van der Waals surface area contributed by atoms with Gasteiger partial charge in [0.2, 0.25) is 5.43 Å². The summed E-state index contributed by atoms with van der Waals surface area (Å²) in [6, 6.07) is 2.83. The van der Waals surface area contributed by atoms with Crippen LogP contribution in [-0.2, 0) is 11.2 Å². The van der Waals surface area contributed by atoms with Gasteiger partial charge in [-0.25, -0.2) is 9.18 Å². The number of halogens is 1. The van der Waals surface area contributed by atoms with E-state index in [0.717, 1.165) is 23.9 Å². The molecule has 3 rings (SSSR count). The summed E-state index contributed by atoms with van der Waals surface area (Å²) in [6.07, 6.45) is 3.12. The van der Waals surface area contributed by atoms with Crippen LogP contribution in [0, 0.1) is 5.82 Å². The van der Waals surface area contributed by atoms with Gasteiger partial charge in [0, 0.05) is 17.6 Å². The molecule has 1 aliphatic heterocycles. The van der Waals surface area contributed by atoms with Crippen LogP contribution in [0.3, 0.4) is 0 Å². The van der Waals surface area contributed by atoms with Gasteiger partial charge in [-0.15, -0.1) is 0 Å². The lowest BCUT2D eigenvalue weighted by Gasteiger charge is -2.26. The first-order chi connectivity index (χ1) is 10.0. The first kappa shape index (κ1) is 13.8. The van der Waals surface area contributed by atoms with E-state index in [1.165, 1.54) is 12.1 Å². The average Bonchev–Trinajstić information content (AvgIpc) is 2.45. The highest BCUT2D eigenvalue weighted by atomic mass is 19.1. The van der Waals surface area contributed by atoms with Gasteiger partial charge in [-0.05, 0) is 44.4 Å². The number of carbonyl (C=O) groups is 1. The fourth-order valence-electron chi connectivity index (χ4n) is 2.94. The van der Waals surface area contributed by atoms with Crippen molar-refractivity contribution >= 4 is 16.9 Å². The Morgan fingerprint density at radius 2 is 2.24 bits per heavy atom. The largest absolute Gasteiger partial charge is 0.462 e. The molecule has 1 aliphatic rings. The molecule has 0 spiro atoms. The maximum atomic E-state index is 13.7. The highest BCUT2D eigenvalue weighted by Gasteiger charge is 2.24. The summed E-state index contributed by atoms with van der Waals surface area (Å²) in [5.41, 5.74) is 1.05. The highest BCUT2D eigenvalue weighted by Crippen LogP contribution is 2.30. The van der Waals surface area contributed by atoms with E-state index in [0.29, 0.717) is 0 Å². The molecule has 4 nitrogen and oxygen atoms in total. The van der Waals surface area contributed by atoms with E-state index < -0.39 is 17.2 Å². The second-order valence-electron chi connectivity index (χ2n) is 5.35. The molecule has 1 aromatic carbocycles. The van der Waals surface area contributed by atoms with Crippen molar-refractivity contribution < 1.29 is 13.9 Å². The van der Waals surface area contributed by atoms with Crippen molar-refractivity contribution in [2.24, 2.45) is 0 Å². The third-order valence-electron chi connectivity index (χ3n) is 3.97. The molecule has 2 heterocycles. The molecule has 0 amide bonds. The average molecular weight is 289 g/mol. The number of aromatic nitrogens is 1. The maximum Gasteiger partial charge on any atom is 0.343 e. The number of aryl methyl sites for hydroxylation is 1. The van der Waals surface area contributed by atoms with Gasteiger partial charge < -0.3 is 9.30 Å². The Labute approximate surface area is 121 Å². The number of rotatable bonds is 2. The maximum absolute atomic E-state index is 13.7. The van der Waals surface area contributed by atoms with Crippen LogP contribution in [0.4, 0.5) is 4.39 Å². The predicted octanol–water partition coefficient (Wildman–Crippen LogP) is 2.82. The van der Waals surface area contributed by atoms with Gasteiger partial charge in [-0.3, -0.25) is 4.79 Å². The third kappa shape index (κ3) is 2.13. The number of pyridine rings is 1. The first-order valence-corrected chi connectivity index (χ1v) is 7.07. The van der Waals surface area contributed by atoms with Crippen molar-refractivity contribution in [3.05, 3.63) is 45.5 Å². The zero-order valence-electron chi connectivity index (χ0n) is 12.0. The summed E-state index contributed by atoms with van der Waals surface area (Å²) in [7, 11) is 0. The minimum atomic E-state index is -0.656. The van der Waals surface area contributed by atoms with Gasteiger partial charge in [0.15, 0.2) is 0 Å². The van der Waals surface area contributed by atoms with Crippen LogP contribution in [0.5, 0.6) is 0 Å². The Kier molecular flexibility index (Phi) is 3.27. The number of benzene rings is 1. The van der Waals surface area contributed by atoms with Crippen molar-refractivity contribution in [3.8, 4) is 0 Å². The molecule has 0 saturated carbocycles. The summed E-state index contributed by atoms with van der Waals surface area (Å²) in [4.78, 5) is 24.4. The summed E-state index contributed by atoms with van der Waals surface area (Å²) < 4.78 is 20.5. The lowest BCUT2D eigenvalue weighted by Crippen LogP contribution is -2.25. The Balaban J connectivity index is 2.38. The SMILES string of the molecule is CCOC(=O)c1cn2c3c(cc(F)cc3c1=O)CC[C@H]2C. The van der Waals surface area contributed by atoms with Crippen LogP contribution in [0.2, 0.25) is 0 Å². The van der Waals surface area contributed by atoms with E-state index in [-0.39, 0.29) is 23.6 Å². The standard InChI is InChI=1S/C16H16FNO3/c1-3-21-16(20)13-8-18-9(2)4-5-10-6-11(17)7-12(14(10)18)15(13)19/h6-9H,3-5H2,1-2H3/t9-/m1/s1. The van der Waals surface area contributed by atoms with Gasteiger partial charge in [0.25, 0.3) is 0 Å². The van der Waals surface area contributed by atoms with E-state index in [1.54, 1.807) is 13.1 Å². The van der Waals surface area contributed by atoms with Crippen LogP contribution in [0.1, 0.15) is 42.2 Å². The summed E-state index contributed by atoms with van der Waals surface area (Å²) in [5.74, 6) is -1.10. The molecule has 0 unspecified atom stereocenters. The van der Waals surface area contributed by atoms with E-state index >= 15 is 0 Å². The summed E-state index contributed by atoms with van der Waals surface area (Å²) in [6.45, 7) is 3.90. The molecule has 21 heavy (non-hydrogen) atoms. The second kappa shape index (κ2) is 4.98. The lowest BCUT2D eigenvalue weighted by atomic mass is 9.96. The lowest BCUT2D eigenvalue weighted by molar-refractivity contribution is 0.0524. The fourth-order valence-corrected chi connectivity index (χ4v) is 2.94. The van der Waals surface area contributed by atoms with Crippen LogP contribution >= 0.6 is 0 Å². The van der Waals surface area contributed by atoms with Gasteiger partial charge in [-0.1, -0.05) is 0 Å². The molecule has 5 heteroatoms. The van der Waals surface area contributed by atoms with Crippen molar-refractivity contribution in [2.45, 2.75) is 32.7 Å². The van der Waals surface area contributed by atoms with E-state index in [2.05, 4.69) is 0 Å². The Bertz CT molecular complexity index is 794. The molecule has 0 fully saturated rings.